The monoisotopic (exact) mass is 686 g/mol. The maximum atomic E-state index is 9.63. The molecule has 2 aliphatic rings. The van der Waals surface area contributed by atoms with E-state index in [1.165, 1.54) is 43.2 Å². The molecule has 0 spiro atoms. The zero-order valence-electron chi connectivity index (χ0n) is 30.3. The number of benzene rings is 6. The molecular formula is C49H42N4. The van der Waals surface area contributed by atoms with E-state index in [0.29, 0.717) is 23.0 Å². The highest BCUT2D eigenvalue weighted by Gasteiger charge is 2.45. The van der Waals surface area contributed by atoms with Gasteiger partial charge in [-0.15, -0.1) is 0 Å². The molecule has 2 bridgehead atoms. The molecule has 53 heavy (non-hydrogen) atoms. The molecule has 2 aliphatic carbocycles. The SMILES string of the molecule is C[C@@H]1C[C@@H]2C[C@H](C)CC(c3ccc(-c4cc(-c5ccc6ccc(C#N)cc6c5)cc(-c5nc(-c6ccccc6)nc(-c6ccccc6)n5)c4)cc3)(C1)C2. The maximum Gasteiger partial charge on any atom is 0.164 e. The summed E-state index contributed by atoms with van der Waals surface area (Å²) in [6.45, 7) is 4.92. The molecule has 0 radical (unpaired) electrons. The van der Waals surface area contributed by atoms with Crippen LogP contribution in [0.5, 0.6) is 0 Å². The van der Waals surface area contributed by atoms with Gasteiger partial charge in [0.1, 0.15) is 0 Å². The Morgan fingerprint density at radius 1 is 0.491 bits per heavy atom. The molecule has 4 nitrogen and oxygen atoms in total. The molecular weight excluding hydrogens is 645 g/mol. The van der Waals surface area contributed by atoms with Gasteiger partial charge in [0.25, 0.3) is 0 Å². The van der Waals surface area contributed by atoms with E-state index < -0.39 is 0 Å². The van der Waals surface area contributed by atoms with Gasteiger partial charge in [-0.3, -0.25) is 0 Å². The van der Waals surface area contributed by atoms with Crippen molar-refractivity contribution in [3.8, 4) is 62.5 Å². The molecule has 0 saturated heterocycles. The van der Waals surface area contributed by atoms with Crippen molar-refractivity contribution in [1.29, 1.82) is 5.26 Å². The van der Waals surface area contributed by atoms with Gasteiger partial charge in [0.05, 0.1) is 11.6 Å². The van der Waals surface area contributed by atoms with E-state index in [0.717, 1.165) is 61.9 Å². The third kappa shape index (κ3) is 6.53. The average molecular weight is 687 g/mol. The van der Waals surface area contributed by atoms with E-state index in [-0.39, 0.29) is 5.41 Å². The van der Waals surface area contributed by atoms with Crippen LogP contribution >= 0.6 is 0 Å². The molecule has 4 heteroatoms. The first-order chi connectivity index (χ1) is 25.9. The van der Waals surface area contributed by atoms with E-state index in [2.05, 4.69) is 80.6 Å². The number of aromatic nitrogens is 3. The molecule has 258 valence electrons. The minimum Gasteiger partial charge on any atom is -0.208 e. The molecule has 6 aromatic carbocycles. The summed E-state index contributed by atoms with van der Waals surface area (Å²) in [6.07, 6.45) is 6.65. The van der Waals surface area contributed by atoms with Crippen LogP contribution in [0, 0.1) is 29.1 Å². The molecule has 1 unspecified atom stereocenters. The first-order valence-electron chi connectivity index (χ1n) is 19.0. The number of hydrogen-bond acceptors (Lipinski definition) is 4. The fourth-order valence-corrected chi connectivity index (χ4v) is 9.60. The Morgan fingerprint density at radius 2 is 1.02 bits per heavy atom. The number of nitrogens with zero attached hydrogens (tertiary/aromatic N) is 4. The summed E-state index contributed by atoms with van der Waals surface area (Å²) in [5.41, 5.74) is 9.68. The zero-order valence-corrected chi connectivity index (χ0v) is 30.3. The fourth-order valence-electron chi connectivity index (χ4n) is 9.60. The first-order valence-corrected chi connectivity index (χ1v) is 19.0. The van der Waals surface area contributed by atoms with Crippen molar-refractivity contribution in [3.05, 3.63) is 151 Å². The van der Waals surface area contributed by atoms with Crippen molar-refractivity contribution >= 4 is 10.8 Å². The Balaban J connectivity index is 1.20. The van der Waals surface area contributed by atoms with Gasteiger partial charge in [0.2, 0.25) is 0 Å². The quantitative estimate of drug-likeness (QED) is 0.175. The first kappa shape index (κ1) is 33.0. The summed E-state index contributed by atoms with van der Waals surface area (Å²) in [5.74, 6) is 4.29. The van der Waals surface area contributed by atoms with Crippen LogP contribution in [0.15, 0.2) is 140 Å². The van der Waals surface area contributed by atoms with Crippen LogP contribution in [0.3, 0.4) is 0 Å². The fraction of sp³-hybridized carbons (Fsp3) is 0.224. The third-order valence-corrected chi connectivity index (χ3v) is 11.7. The third-order valence-electron chi connectivity index (χ3n) is 11.7. The molecule has 4 atom stereocenters. The molecule has 2 saturated carbocycles. The van der Waals surface area contributed by atoms with Crippen molar-refractivity contribution in [1.82, 2.24) is 15.0 Å². The van der Waals surface area contributed by atoms with Gasteiger partial charge in [0.15, 0.2) is 17.5 Å². The van der Waals surface area contributed by atoms with Crippen molar-refractivity contribution < 1.29 is 0 Å². The van der Waals surface area contributed by atoms with Crippen LogP contribution in [0.2, 0.25) is 0 Å². The van der Waals surface area contributed by atoms with Crippen molar-refractivity contribution in [2.45, 2.75) is 51.4 Å². The van der Waals surface area contributed by atoms with Gasteiger partial charge in [-0.1, -0.05) is 117 Å². The highest BCUT2D eigenvalue weighted by atomic mass is 15.0. The summed E-state index contributed by atoms with van der Waals surface area (Å²) in [7, 11) is 0. The number of rotatable bonds is 6. The molecule has 0 N–H and O–H groups in total. The number of fused-ring (bicyclic) bond motifs is 3. The van der Waals surface area contributed by atoms with Crippen LogP contribution < -0.4 is 0 Å². The Bertz CT molecular complexity index is 2400. The summed E-state index contributed by atoms with van der Waals surface area (Å²) in [4.78, 5) is 15.2. The lowest BCUT2D eigenvalue weighted by Gasteiger charge is -2.50. The smallest absolute Gasteiger partial charge is 0.164 e. The predicted molar refractivity (Wildman–Crippen MR) is 216 cm³/mol. The van der Waals surface area contributed by atoms with Gasteiger partial charge in [-0.05, 0) is 130 Å². The topological polar surface area (TPSA) is 62.5 Å². The highest BCUT2D eigenvalue weighted by Crippen LogP contribution is 2.54. The van der Waals surface area contributed by atoms with E-state index >= 15 is 0 Å². The van der Waals surface area contributed by atoms with Gasteiger partial charge in [0, 0.05) is 16.7 Å². The van der Waals surface area contributed by atoms with Crippen molar-refractivity contribution in [2.24, 2.45) is 17.8 Å². The van der Waals surface area contributed by atoms with Crippen LogP contribution in [-0.4, -0.2) is 15.0 Å². The van der Waals surface area contributed by atoms with E-state index in [1.807, 2.05) is 78.9 Å². The molecule has 0 aliphatic heterocycles. The van der Waals surface area contributed by atoms with Crippen LogP contribution in [0.1, 0.15) is 57.1 Å². The predicted octanol–water partition coefficient (Wildman–Crippen LogP) is 12.3. The lowest BCUT2D eigenvalue weighted by molar-refractivity contribution is 0.0780. The lowest BCUT2D eigenvalue weighted by Crippen LogP contribution is -2.42. The van der Waals surface area contributed by atoms with Crippen LogP contribution in [-0.2, 0) is 5.41 Å². The van der Waals surface area contributed by atoms with Gasteiger partial charge in [-0.25, -0.2) is 15.0 Å². The summed E-state index contributed by atoms with van der Waals surface area (Å²) >= 11 is 0. The molecule has 1 heterocycles. The Morgan fingerprint density at radius 3 is 1.62 bits per heavy atom. The van der Waals surface area contributed by atoms with Gasteiger partial charge >= 0.3 is 0 Å². The Hall–Kier alpha value is -5.92. The summed E-state index contributed by atoms with van der Waals surface area (Å²) in [6, 6.07) is 51.1. The van der Waals surface area contributed by atoms with Gasteiger partial charge in [-0.2, -0.15) is 5.26 Å². The van der Waals surface area contributed by atoms with Crippen LogP contribution in [0.25, 0.3) is 67.2 Å². The number of hydrogen-bond donors (Lipinski definition) is 0. The molecule has 1 aromatic heterocycles. The van der Waals surface area contributed by atoms with E-state index in [4.69, 9.17) is 15.0 Å². The van der Waals surface area contributed by atoms with Crippen molar-refractivity contribution in [3.63, 3.8) is 0 Å². The molecule has 0 amide bonds. The second-order valence-electron chi connectivity index (χ2n) is 15.7. The maximum absolute atomic E-state index is 9.63. The lowest BCUT2D eigenvalue weighted by atomic mass is 9.54. The summed E-state index contributed by atoms with van der Waals surface area (Å²) in [5, 5.41) is 11.8. The second kappa shape index (κ2) is 13.6. The normalized spacial score (nSPS) is 20.9. The second-order valence-corrected chi connectivity index (χ2v) is 15.7. The largest absolute Gasteiger partial charge is 0.208 e. The van der Waals surface area contributed by atoms with Crippen LogP contribution in [0.4, 0.5) is 0 Å². The van der Waals surface area contributed by atoms with E-state index in [1.54, 1.807) is 0 Å². The Labute approximate surface area is 312 Å². The molecule has 7 aromatic rings. The van der Waals surface area contributed by atoms with E-state index in [9.17, 15) is 5.26 Å². The van der Waals surface area contributed by atoms with Crippen molar-refractivity contribution in [2.75, 3.05) is 0 Å². The number of nitriles is 1. The average Bonchev–Trinajstić information content (AvgIpc) is 3.20. The standard InChI is InChI=1S/C49H42N4/c1-32-21-35-22-33(2)29-49(28-32,30-35)45-19-17-37(18-20-45)42-25-43(40-16-15-36-14-13-34(31-50)23-41(36)24-40)27-44(26-42)48-52-46(38-9-5-3-6-10-38)51-47(53-48)39-11-7-4-8-12-39/h3-20,23-27,32-33,35H,21-22,28-30H2,1-2H3/t32-,33+,35-,49?. The zero-order chi connectivity index (χ0) is 35.9. The summed E-state index contributed by atoms with van der Waals surface area (Å²) < 4.78 is 0. The highest BCUT2D eigenvalue weighted by molar-refractivity contribution is 5.90. The minimum absolute atomic E-state index is 0.283. The Kier molecular flexibility index (Phi) is 8.43. The minimum atomic E-state index is 0.283. The molecule has 9 rings (SSSR count). The molecule has 2 fully saturated rings. The van der Waals surface area contributed by atoms with Gasteiger partial charge < -0.3 is 0 Å².